The molecular formula is C15H21N5O5. The number of amides is 1. The number of aromatic nitrogens is 4. The fraction of sp³-hybridized carbons (Fsp3) is 0.600. The molecule has 4 N–H and O–H groups in total. The second kappa shape index (κ2) is 5.90. The van der Waals surface area contributed by atoms with Crippen LogP contribution in [0.2, 0.25) is 0 Å². The van der Waals surface area contributed by atoms with Crippen LogP contribution in [0.1, 0.15) is 35.3 Å². The number of aliphatic hydroxyl groups excluding tert-OH is 1. The number of imidazole rings is 1. The van der Waals surface area contributed by atoms with Gasteiger partial charge < -0.3 is 14.9 Å². The number of anilines is 1. The largest absolute Gasteiger partial charge is 0.385 e. The fourth-order valence-corrected chi connectivity index (χ4v) is 2.51. The monoisotopic (exact) mass is 352 g/mol. The van der Waals surface area contributed by atoms with E-state index in [0.29, 0.717) is 0 Å². The van der Waals surface area contributed by atoms with Gasteiger partial charge in [0.05, 0.1) is 12.4 Å². The minimum atomic E-state index is -1.64. The van der Waals surface area contributed by atoms with E-state index in [1.165, 1.54) is 17.8 Å². The summed E-state index contributed by atoms with van der Waals surface area (Å²) in [5, 5.41) is 23.3. The SMILES string of the molecule is [2H]C[C@H]1O[C@@H](n2cnc3c(=O)[nH]c(NC(=O)C(C)C)nc32)C(O)[C@@]1(C)O. The molecule has 0 aliphatic carbocycles. The van der Waals surface area contributed by atoms with Crippen LogP contribution in [0.3, 0.4) is 0 Å². The number of aliphatic hydroxyl groups is 2. The summed E-state index contributed by atoms with van der Waals surface area (Å²) in [5.74, 6) is -0.694. The van der Waals surface area contributed by atoms with E-state index in [1.54, 1.807) is 13.8 Å². The number of ether oxygens (including phenoxy) is 1. The molecule has 136 valence electrons. The number of carbonyl (C=O) groups excluding carboxylic acids is 1. The molecule has 1 aliphatic rings. The molecule has 0 saturated carbocycles. The van der Waals surface area contributed by atoms with Gasteiger partial charge in [0.1, 0.15) is 11.7 Å². The van der Waals surface area contributed by atoms with Gasteiger partial charge in [-0.2, -0.15) is 4.98 Å². The standard InChI is InChI=1S/C15H21N5O5/c1-6(2)11(22)18-14-17-10-8(12(23)19-14)16-5-20(10)13-9(21)15(4,24)7(3)25-13/h5-7,9,13,21,24H,1-4H3,(H2,17,18,19,22,23)/t7-,9?,13-,15+/m1/s1/i3D. The fourth-order valence-electron chi connectivity index (χ4n) is 2.51. The van der Waals surface area contributed by atoms with Crippen molar-refractivity contribution in [2.24, 2.45) is 5.92 Å². The normalized spacial score (nSPS) is 30.0. The van der Waals surface area contributed by atoms with Crippen molar-refractivity contribution in [3.8, 4) is 0 Å². The number of nitrogens with one attached hydrogen (secondary N) is 2. The van der Waals surface area contributed by atoms with E-state index in [1.807, 2.05) is 0 Å². The number of H-pyrrole nitrogens is 1. The maximum absolute atomic E-state index is 12.2. The Morgan fingerprint density at radius 1 is 1.60 bits per heavy atom. The lowest BCUT2D eigenvalue weighted by Crippen LogP contribution is -2.43. The molecule has 1 fully saturated rings. The molecule has 1 aliphatic heterocycles. The minimum Gasteiger partial charge on any atom is -0.385 e. The lowest BCUT2D eigenvalue weighted by atomic mass is 9.96. The van der Waals surface area contributed by atoms with Crippen molar-refractivity contribution in [2.75, 3.05) is 5.32 Å². The van der Waals surface area contributed by atoms with Crippen LogP contribution in [0.4, 0.5) is 5.95 Å². The molecule has 4 atom stereocenters. The lowest BCUT2D eigenvalue weighted by molar-refractivity contribution is -0.118. The molecule has 0 bridgehead atoms. The zero-order valence-electron chi connectivity index (χ0n) is 15.1. The third-order valence-corrected chi connectivity index (χ3v) is 4.30. The van der Waals surface area contributed by atoms with Gasteiger partial charge in [-0.05, 0) is 13.8 Å². The summed E-state index contributed by atoms with van der Waals surface area (Å²) in [6.07, 6.45) is -2.09. The molecule has 10 nitrogen and oxygen atoms in total. The molecule has 1 amide bonds. The quantitative estimate of drug-likeness (QED) is 0.596. The summed E-state index contributed by atoms with van der Waals surface area (Å²) in [6.45, 7) is 4.52. The number of fused-ring (bicyclic) bond motifs is 1. The Morgan fingerprint density at radius 2 is 2.32 bits per heavy atom. The van der Waals surface area contributed by atoms with Gasteiger partial charge in [0.2, 0.25) is 11.9 Å². The van der Waals surface area contributed by atoms with Crippen molar-refractivity contribution < 1.29 is 21.1 Å². The first kappa shape index (κ1) is 16.2. The predicted octanol–water partition coefficient (Wildman–Crippen LogP) is -0.257. The van der Waals surface area contributed by atoms with Crippen LogP contribution in [0.25, 0.3) is 11.2 Å². The number of hydrogen-bond donors (Lipinski definition) is 4. The third-order valence-electron chi connectivity index (χ3n) is 4.30. The van der Waals surface area contributed by atoms with E-state index in [0.717, 1.165) is 0 Å². The Balaban J connectivity index is 2.04. The van der Waals surface area contributed by atoms with Crippen LogP contribution in [-0.2, 0) is 9.53 Å². The number of carbonyl (C=O) groups is 1. The maximum atomic E-state index is 12.2. The second-order valence-corrected chi connectivity index (χ2v) is 6.57. The van der Waals surface area contributed by atoms with E-state index >= 15 is 0 Å². The summed E-state index contributed by atoms with van der Waals surface area (Å²) in [4.78, 5) is 34.6. The summed E-state index contributed by atoms with van der Waals surface area (Å²) >= 11 is 0. The van der Waals surface area contributed by atoms with Crippen molar-refractivity contribution >= 4 is 23.0 Å². The van der Waals surface area contributed by atoms with Crippen LogP contribution < -0.4 is 10.9 Å². The molecule has 10 heteroatoms. The molecule has 3 rings (SSSR count). The second-order valence-electron chi connectivity index (χ2n) is 6.57. The molecule has 2 aromatic heterocycles. The molecule has 0 aromatic carbocycles. The molecular weight excluding hydrogens is 330 g/mol. The number of nitrogens with zero attached hydrogens (tertiary/aromatic N) is 3. The number of hydrogen-bond acceptors (Lipinski definition) is 7. The Kier molecular flexibility index (Phi) is 3.82. The van der Waals surface area contributed by atoms with E-state index in [9.17, 15) is 19.8 Å². The van der Waals surface area contributed by atoms with E-state index in [-0.39, 0.29) is 35.8 Å². The van der Waals surface area contributed by atoms with Gasteiger partial charge in [-0.1, -0.05) is 13.8 Å². The van der Waals surface area contributed by atoms with Crippen LogP contribution in [0.15, 0.2) is 11.1 Å². The number of aromatic amines is 1. The Morgan fingerprint density at radius 3 is 2.92 bits per heavy atom. The Labute approximate surface area is 144 Å². The first-order chi connectivity index (χ1) is 12.2. The van der Waals surface area contributed by atoms with E-state index in [2.05, 4.69) is 20.3 Å². The van der Waals surface area contributed by atoms with Gasteiger partial charge in [-0.25, -0.2) is 4.98 Å². The highest BCUT2D eigenvalue weighted by Crippen LogP contribution is 2.37. The molecule has 1 unspecified atom stereocenters. The lowest BCUT2D eigenvalue weighted by Gasteiger charge is -2.24. The average molecular weight is 352 g/mol. The van der Waals surface area contributed by atoms with Crippen molar-refractivity contribution in [1.29, 1.82) is 0 Å². The van der Waals surface area contributed by atoms with Gasteiger partial charge in [-0.3, -0.25) is 24.5 Å². The predicted molar refractivity (Wildman–Crippen MR) is 87.8 cm³/mol. The highest BCUT2D eigenvalue weighted by molar-refractivity contribution is 5.91. The third kappa shape index (κ3) is 2.81. The summed E-state index contributed by atoms with van der Waals surface area (Å²) < 4.78 is 14.4. The summed E-state index contributed by atoms with van der Waals surface area (Å²) in [5.41, 5.74) is -2.13. The van der Waals surface area contributed by atoms with Gasteiger partial charge in [0.15, 0.2) is 17.4 Å². The van der Waals surface area contributed by atoms with Crippen molar-refractivity contribution in [3.05, 3.63) is 16.7 Å². The number of rotatable bonds is 3. The van der Waals surface area contributed by atoms with Crippen LogP contribution >= 0.6 is 0 Å². The van der Waals surface area contributed by atoms with Crippen LogP contribution in [0, 0.1) is 5.92 Å². The summed E-state index contributed by atoms with van der Waals surface area (Å²) in [6, 6.07) is 0. The van der Waals surface area contributed by atoms with E-state index in [4.69, 9.17) is 6.11 Å². The van der Waals surface area contributed by atoms with Crippen molar-refractivity contribution in [2.45, 2.75) is 51.7 Å². The highest BCUT2D eigenvalue weighted by atomic mass is 16.6. The van der Waals surface area contributed by atoms with Crippen LogP contribution in [0.5, 0.6) is 0 Å². The first-order valence-corrected chi connectivity index (χ1v) is 7.79. The average Bonchev–Trinajstić information content (AvgIpc) is 3.07. The minimum absolute atomic E-state index is 0.00249. The zero-order valence-corrected chi connectivity index (χ0v) is 14.1. The van der Waals surface area contributed by atoms with E-state index < -0.39 is 29.6 Å². The van der Waals surface area contributed by atoms with Crippen molar-refractivity contribution in [1.82, 2.24) is 19.5 Å². The Bertz CT molecular complexity index is 892. The molecule has 0 spiro atoms. The Hall–Kier alpha value is -2.30. The van der Waals surface area contributed by atoms with Crippen molar-refractivity contribution in [3.63, 3.8) is 0 Å². The molecule has 0 radical (unpaired) electrons. The molecule has 25 heavy (non-hydrogen) atoms. The van der Waals surface area contributed by atoms with Gasteiger partial charge in [0, 0.05) is 7.29 Å². The molecule has 1 saturated heterocycles. The maximum Gasteiger partial charge on any atom is 0.280 e. The van der Waals surface area contributed by atoms with Gasteiger partial charge in [-0.15, -0.1) is 0 Å². The van der Waals surface area contributed by atoms with Gasteiger partial charge >= 0.3 is 0 Å². The molecule has 2 aromatic rings. The van der Waals surface area contributed by atoms with Crippen LogP contribution in [-0.4, -0.2) is 53.4 Å². The summed E-state index contributed by atoms with van der Waals surface area (Å²) in [7, 11) is 0. The highest BCUT2D eigenvalue weighted by Gasteiger charge is 2.51. The first-order valence-electron chi connectivity index (χ1n) is 8.50. The topological polar surface area (TPSA) is 142 Å². The van der Waals surface area contributed by atoms with Gasteiger partial charge in [0.25, 0.3) is 5.56 Å². The smallest absolute Gasteiger partial charge is 0.280 e. The zero-order chi connectivity index (χ0) is 19.2. The molecule has 3 heterocycles.